The van der Waals surface area contributed by atoms with Gasteiger partial charge in [-0.15, -0.1) is 5.10 Å². The van der Waals surface area contributed by atoms with E-state index in [2.05, 4.69) is 20.8 Å². The molecule has 1 N–H and O–H groups in total. The van der Waals surface area contributed by atoms with E-state index in [1.165, 1.54) is 16.8 Å². The normalized spacial score (nSPS) is 13.7. The number of anilines is 1. The van der Waals surface area contributed by atoms with Gasteiger partial charge in [0.25, 0.3) is 0 Å². The molecule has 0 aliphatic carbocycles. The first kappa shape index (κ1) is 19.5. The molecule has 1 aromatic heterocycles. The standard InChI is InChI=1S/C18H18ClN5O4S/c1-29(25,26)13-5-3-12(4-6-13)24-18(21-22-23-24)11-20-15-10-17-16(9-14(15)19)27-7-2-8-28-17/h3-6,9-10,20H,2,7-8,11H2,1H3. The number of fused-ring (bicyclic) bond motifs is 1. The zero-order valence-electron chi connectivity index (χ0n) is 15.5. The molecule has 0 saturated heterocycles. The highest BCUT2D eigenvalue weighted by Crippen LogP contribution is 2.37. The SMILES string of the molecule is CS(=O)(=O)c1ccc(-n2nnnc2CNc2cc3c(cc2Cl)OCCCO3)cc1. The van der Waals surface area contributed by atoms with E-state index in [0.717, 1.165) is 12.7 Å². The molecular formula is C18H18ClN5O4S. The Kier molecular flexibility index (Phi) is 5.29. The molecule has 0 saturated carbocycles. The molecule has 1 aliphatic heterocycles. The molecule has 0 bridgehead atoms. The van der Waals surface area contributed by atoms with E-state index in [1.54, 1.807) is 24.3 Å². The van der Waals surface area contributed by atoms with Gasteiger partial charge in [-0.2, -0.15) is 4.68 Å². The number of hydrogen-bond acceptors (Lipinski definition) is 8. The number of aromatic nitrogens is 4. The summed E-state index contributed by atoms with van der Waals surface area (Å²) >= 11 is 6.36. The predicted octanol–water partition coefficient (Wildman–Crippen LogP) is 2.49. The third kappa shape index (κ3) is 4.28. The van der Waals surface area contributed by atoms with Crippen molar-refractivity contribution in [2.24, 2.45) is 0 Å². The van der Waals surface area contributed by atoms with Crippen LogP contribution >= 0.6 is 11.6 Å². The van der Waals surface area contributed by atoms with Crippen LogP contribution < -0.4 is 14.8 Å². The summed E-state index contributed by atoms with van der Waals surface area (Å²) < 4.78 is 36.1. The lowest BCUT2D eigenvalue weighted by molar-refractivity contribution is 0.297. The van der Waals surface area contributed by atoms with Crippen LogP contribution in [-0.2, 0) is 16.4 Å². The van der Waals surface area contributed by atoms with Gasteiger partial charge in [-0.1, -0.05) is 11.6 Å². The molecule has 0 atom stereocenters. The number of nitrogens with one attached hydrogen (secondary N) is 1. The molecule has 4 rings (SSSR count). The second-order valence-corrected chi connectivity index (χ2v) is 8.88. The summed E-state index contributed by atoms with van der Waals surface area (Å²) in [6.07, 6.45) is 1.97. The van der Waals surface area contributed by atoms with Gasteiger partial charge in [-0.05, 0) is 34.7 Å². The third-order valence-corrected chi connectivity index (χ3v) is 5.76. The highest BCUT2D eigenvalue weighted by molar-refractivity contribution is 7.90. The van der Waals surface area contributed by atoms with Crippen molar-refractivity contribution in [1.29, 1.82) is 0 Å². The van der Waals surface area contributed by atoms with Gasteiger partial charge in [-0.25, -0.2) is 8.42 Å². The van der Waals surface area contributed by atoms with Gasteiger partial charge in [0, 0.05) is 24.8 Å². The summed E-state index contributed by atoms with van der Waals surface area (Å²) in [4.78, 5) is 0.230. The maximum Gasteiger partial charge on any atom is 0.175 e. The second-order valence-electron chi connectivity index (χ2n) is 6.46. The van der Waals surface area contributed by atoms with E-state index in [4.69, 9.17) is 21.1 Å². The molecule has 1 aliphatic rings. The average molecular weight is 436 g/mol. The first-order valence-electron chi connectivity index (χ1n) is 8.82. The smallest absolute Gasteiger partial charge is 0.175 e. The van der Waals surface area contributed by atoms with Crippen LogP contribution in [0.4, 0.5) is 5.69 Å². The highest BCUT2D eigenvalue weighted by Gasteiger charge is 2.16. The Morgan fingerprint density at radius 2 is 1.83 bits per heavy atom. The molecule has 0 fully saturated rings. The van der Waals surface area contributed by atoms with Crippen LogP contribution in [0.1, 0.15) is 12.2 Å². The molecule has 0 spiro atoms. The van der Waals surface area contributed by atoms with Crippen molar-refractivity contribution < 1.29 is 17.9 Å². The highest BCUT2D eigenvalue weighted by atomic mass is 35.5. The van der Waals surface area contributed by atoms with Gasteiger partial charge in [0.2, 0.25) is 0 Å². The molecule has 0 radical (unpaired) electrons. The van der Waals surface area contributed by atoms with Crippen molar-refractivity contribution in [3.05, 3.63) is 47.2 Å². The summed E-state index contributed by atoms with van der Waals surface area (Å²) in [5.41, 5.74) is 1.31. The van der Waals surface area contributed by atoms with Gasteiger partial charge in [0.05, 0.1) is 41.1 Å². The quantitative estimate of drug-likeness (QED) is 0.651. The molecule has 11 heteroatoms. The van der Waals surface area contributed by atoms with E-state index in [0.29, 0.717) is 53.5 Å². The largest absolute Gasteiger partial charge is 0.490 e. The van der Waals surface area contributed by atoms with Crippen molar-refractivity contribution in [1.82, 2.24) is 20.2 Å². The van der Waals surface area contributed by atoms with Gasteiger partial charge in [0.1, 0.15) is 0 Å². The molecule has 9 nitrogen and oxygen atoms in total. The molecule has 29 heavy (non-hydrogen) atoms. The molecule has 2 heterocycles. The molecule has 152 valence electrons. The lowest BCUT2D eigenvalue weighted by atomic mass is 10.2. The van der Waals surface area contributed by atoms with Crippen LogP contribution in [0.5, 0.6) is 11.5 Å². The Balaban J connectivity index is 1.54. The number of nitrogens with zero attached hydrogens (tertiary/aromatic N) is 4. The van der Waals surface area contributed by atoms with Crippen LogP contribution in [0.2, 0.25) is 5.02 Å². The molecule has 0 amide bonds. The molecular weight excluding hydrogens is 418 g/mol. The summed E-state index contributed by atoms with van der Waals surface area (Å²) in [5.74, 6) is 1.78. The average Bonchev–Trinajstić information content (AvgIpc) is 3.04. The van der Waals surface area contributed by atoms with Crippen molar-refractivity contribution in [2.45, 2.75) is 17.9 Å². The monoisotopic (exact) mass is 435 g/mol. The molecule has 3 aromatic rings. The summed E-state index contributed by atoms with van der Waals surface area (Å²) in [5, 5.41) is 15.4. The van der Waals surface area contributed by atoms with Gasteiger partial charge >= 0.3 is 0 Å². The predicted molar refractivity (Wildman–Crippen MR) is 107 cm³/mol. The van der Waals surface area contributed by atoms with E-state index >= 15 is 0 Å². The minimum atomic E-state index is -3.27. The van der Waals surface area contributed by atoms with E-state index in [-0.39, 0.29) is 4.90 Å². The second kappa shape index (κ2) is 7.88. The van der Waals surface area contributed by atoms with Crippen LogP contribution in [-0.4, -0.2) is 48.1 Å². The van der Waals surface area contributed by atoms with E-state index in [9.17, 15) is 8.42 Å². The fourth-order valence-electron chi connectivity index (χ4n) is 2.84. The van der Waals surface area contributed by atoms with Crippen LogP contribution in [0, 0.1) is 0 Å². The Morgan fingerprint density at radius 3 is 2.52 bits per heavy atom. The van der Waals surface area contributed by atoms with Crippen LogP contribution in [0.25, 0.3) is 5.69 Å². The van der Waals surface area contributed by atoms with Crippen molar-refractivity contribution in [3.63, 3.8) is 0 Å². The lowest BCUT2D eigenvalue weighted by Crippen LogP contribution is -2.09. The number of ether oxygens (including phenoxy) is 2. The third-order valence-electron chi connectivity index (χ3n) is 4.32. The number of rotatable bonds is 5. The topological polar surface area (TPSA) is 108 Å². The Morgan fingerprint density at radius 1 is 1.14 bits per heavy atom. The van der Waals surface area contributed by atoms with Gasteiger partial charge in [0.15, 0.2) is 27.2 Å². The zero-order chi connectivity index (χ0) is 20.4. The van der Waals surface area contributed by atoms with Crippen molar-refractivity contribution in [2.75, 3.05) is 24.8 Å². The maximum atomic E-state index is 11.6. The number of hydrogen-bond donors (Lipinski definition) is 1. The van der Waals surface area contributed by atoms with E-state index < -0.39 is 9.84 Å². The number of tetrazole rings is 1. The summed E-state index contributed by atoms with van der Waals surface area (Å²) in [6.45, 7) is 1.46. The van der Waals surface area contributed by atoms with Gasteiger partial charge < -0.3 is 14.8 Å². The number of benzene rings is 2. The van der Waals surface area contributed by atoms with Gasteiger partial charge in [-0.3, -0.25) is 0 Å². The van der Waals surface area contributed by atoms with Crippen molar-refractivity contribution >= 4 is 27.1 Å². The number of halogens is 1. The molecule has 0 unspecified atom stereocenters. The fraction of sp³-hybridized carbons (Fsp3) is 0.278. The molecule has 2 aromatic carbocycles. The minimum absolute atomic E-state index is 0.230. The van der Waals surface area contributed by atoms with Crippen molar-refractivity contribution in [3.8, 4) is 17.2 Å². The van der Waals surface area contributed by atoms with E-state index in [1.807, 2.05) is 0 Å². The first-order valence-corrected chi connectivity index (χ1v) is 11.1. The maximum absolute atomic E-state index is 11.6. The summed E-state index contributed by atoms with van der Waals surface area (Å²) in [7, 11) is -3.27. The Labute approximate surface area is 172 Å². The first-order chi connectivity index (χ1) is 13.9. The number of sulfone groups is 1. The van der Waals surface area contributed by atoms with Crippen LogP contribution in [0.3, 0.4) is 0 Å². The zero-order valence-corrected chi connectivity index (χ0v) is 17.1. The minimum Gasteiger partial charge on any atom is -0.490 e. The van der Waals surface area contributed by atoms with Crippen LogP contribution in [0.15, 0.2) is 41.3 Å². The fourth-order valence-corrected chi connectivity index (χ4v) is 3.70. The lowest BCUT2D eigenvalue weighted by Gasteiger charge is -2.13. The Bertz CT molecular complexity index is 1130. The summed E-state index contributed by atoms with van der Waals surface area (Å²) in [6, 6.07) is 9.84. The Hall–Kier alpha value is -2.85.